The van der Waals surface area contributed by atoms with Crippen LogP contribution < -0.4 is 4.74 Å². The molecule has 1 saturated heterocycles. The predicted molar refractivity (Wildman–Crippen MR) is 109 cm³/mol. The maximum absolute atomic E-state index is 12.7. The van der Waals surface area contributed by atoms with Crippen molar-refractivity contribution in [1.82, 2.24) is 4.90 Å². The van der Waals surface area contributed by atoms with Gasteiger partial charge in [-0.05, 0) is 56.0 Å². The number of amides is 1. The Morgan fingerprint density at radius 1 is 1.18 bits per heavy atom. The number of hydrogen-bond donors (Lipinski definition) is 0. The summed E-state index contributed by atoms with van der Waals surface area (Å²) in [6.07, 6.45) is 2.66. The minimum atomic E-state index is -3.45. The van der Waals surface area contributed by atoms with E-state index in [0.717, 1.165) is 36.1 Å². The molecule has 2 aromatic carbocycles. The maximum atomic E-state index is 12.7. The number of ether oxygens (including phenoxy) is 1. The highest BCUT2D eigenvalue weighted by Crippen LogP contribution is 2.24. The highest BCUT2D eigenvalue weighted by molar-refractivity contribution is 7.91. The summed E-state index contributed by atoms with van der Waals surface area (Å²) in [7, 11) is -1.81. The fraction of sp³-hybridized carbons (Fsp3) is 0.409. The van der Waals surface area contributed by atoms with Crippen LogP contribution in [-0.2, 0) is 21.1 Å². The Labute approximate surface area is 167 Å². The number of carbonyl (C=O) groups is 1. The first-order chi connectivity index (χ1) is 13.4. The summed E-state index contributed by atoms with van der Waals surface area (Å²) in [6, 6.07) is 14.8. The topological polar surface area (TPSA) is 63.7 Å². The zero-order valence-electron chi connectivity index (χ0n) is 16.4. The van der Waals surface area contributed by atoms with Crippen LogP contribution in [0, 0.1) is 6.92 Å². The van der Waals surface area contributed by atoms with Crippen molar-refractivity contribution in [3.05, 3.63) is 59.7 Å². The van der Waals surface area contributed by atoms with Crippen LogP contribution in [0.4, 0.5) is 0 Å². The van der Waals surface area contributed by atoms with Gasteiger partial charge in [-0.2, -0.15) is 0 Å². The first-order valence-corrected chi connectivity index (χ1v) is 11.3. The lowest BCUT2D eigenvalue weighted by atomic mass is 10.0. The van der Waals surface area contributed by atoms with E-state index < -0.39 is 9.84 Å². The van der Waals surface area contributed by atoms with E-state index in [1.54, 1.807) is 31.4 Å². The molecule has 2 aromatic rings. The number of aryl methyl sites for hydroxylation is 1. The maximum Gasteiger partial charge on any atom is 0.223 e. The predicted octanol–water partition coefficient (Wildman–Crippen LogP) is 3.40. The zero-order valence-corrected chi connectivity index (χ0v) is 17.2. The van der Waals surface area contributed by atoms with E-state index in [1.165, 1.54) is 0 Å². The van der Waals surface area contributed by atoms with E-state index in [9.17, 15) is 13.2 Å². The van der Waals surface area contributed by atoms with Gasteiger partial charge in [0, 0.05) is 19.0 Å². The Balaban J connectivity index is 1.62. The number of sulfone groups is 1. The van der Waals surface area contributed by atoms with E-state index in [4.69, 9.17) is 4.74 Å². The fourth-order valence-corrected chi connectivity index (χ4v) is 4.91. The number of nitrogens with zero attached hydrogens (tertiary/aromatic N) is 1. The quantitative estimate of drug-likeness (QED) is 0.713. The van der Waals surface area contributed by atoms with Gasteiger partial charge in [0.25, 0.3) is 0 Å². The van der Waals surface area contributed by atoms with Crippen molar-refractivity contribution in [2.75, 3.05) is 19.4 Å². The zero-order chi connectivity index (χ0) is 20.1. The summed E-state index contributed by atoms with van der Waals surface area (Å²) in [6.45, 7) is 2.60. The van der Waals surface area contributed by atoms with Gasteiger partial charge in [0.15, 0.2) is 9.84 Å². The molecular formula is C22H27NO4S. The SMILES string of the molecule is COc1cccc(CC2CCCN2C(=O)CCS(=O)(=O)c2ccc(C)cc2)c1. The molecule has 150 valence electrons. The number of methoxy groups -OCH3 is 1. The third kappa shape index (κ3) is 4.93. The first kappa shape index (κ1) is 20.4. The molecule has 28 heavy (non-hydrogen) atoms. The molecule has 1 heterocycles. The Bertz CT molecular complexity index is 922. The number of benzene rings is 2. The van der Waals surface area contributed by atoms with Crippen molar-refractivity contribution in [1.29, 1.82) is 0 Å². The Morgan fingerprint density at radius 2 is 1.93 bits per heavy atom. The van der Waals surface area contributed by atoms with Crippen LogP contribution in [0.3, 0.4) is 0 Å². The number of likely N-dealkylation sites (tertiary alicyclic amines) is 1. The summed E-state index contributed by atoms with van der Waals surface area (Å²) in [4.78, 5) is 14.9. The number of hydrogen-bond acceptors (Lipinski definition) is 4. The van der Waals surface area contributed by atoms with Gasteiger partial charge in [-0.15, -0.1) is 0 Å². The van der Waals surface area contributed by atoms with Gasteiger partial charge in [0.2, 0.25) is 5.91 Å². The van der Waals surface area contributed by atoms with Gasteiger partial charge in [0.05, 0.1) is 17.8 Å². The molecule has 1 aliphatic rings. The van der Waals surface area contributed by atoms with Crippen molar-refractivity contribution in [2.24, 2.45) is 0 Å². The van der Waals surface area contributed by atoms with E-state index in [2.05, 4.69) is 0 Å². The highest BCUT2D eigenvalue weighted by atomic mass is 32.2. The molecule has 0 bridgehead atoms. The summed E-state index contributed by atoms with van der Waals surface area (Å²) >= 11 is 0. The lowest BCUT2D eigenvalue weighted by Crippen LogP contribution is -2.37. The van der Waals surface area contributed by atoms with E-state index in [-0.39, 0.29) is 29.0 Å². The molecule has 0 N–H and O–H groups in total. The Morgan fingerprint density at radius 3 is 2.64 bits per heavy atom. The molecule has 0 spiro atoms. The van der Waals surface area contributed by atoms with Crippen molar-refractivity contribution in [2.45, 2.75) is 43.5 Å². The van der Waals surface area contributed by atoms with Crippen molar-refractivity contribution in [3.8, 4) is 5.75 Å². The largest absolute Gasteiger partial charge is 0.497 e. The molecule has 0 aliphatic carbocycles. The molecule has 5 nitrogen and oxygen atoms in total. The van der Waals surface area contributed by atoms with E-state index >= 15 is 0 Å². The average Bonchev–Trinajstić information content (AvgIpc) is 3.15. The van der Waals surface area contributed by atoms with Gasteiger partial charge in [-0.25, -0.2) is 8.42 Å². The highest BCUT2D eigenvalue weighted by Gasteiger charge is 2.29. The molecule has 1 atom stereocenters. The third-order valence-corrected chi connectivity index (χ3v) is 7.00. The van der Waals surface area contributed by atoms with Gasteiger partial charge in [0.1, 0.15) is 5.75 Å². The van der Waals surface area contributed by atoms with Crippen molar-refractivity contribution >= 4 is 15.7 Å². The molecule has 6 heteroatoms. The molecule has 0 saturated carbocycles. The van der Waals surface area contributed by atoms with Crippen LogP contribution in [0.2, 0.25) is 0 Å². The Hall–Kier alpha value is -2.34. The Kier molecular flexibility index (Phi) is 6.39. The third-order valence-electron chi connectivity index (χ3n) is 5.27. The monoisotopic (exact) mass is 401 g/mol. The van der Waals surface area contributed by atoms with Crippen LogP contribution in [0.25, 0.3) is 0 Å². The molecule has 0 aromatic heterocycles. The van der Waals surface area contributed by atoms with Crippen LogP contribution in [0.1, 0.15) is 30.4 Å². The average molecular weight is 402 g/mol. The van der Waals surface area contributed by atoms with Crippen molar-refractivity contribution in [3.63, 3.8) is 0 Å². The minimum Gasteiger partial charge on any atom is -0.497 e. The second-order valence-electron chi connectivity index (χ2n) is 7.32. The van der Waals surface area contributed by atoms with Crippen LogP contribution >= 0.6 is 0 Å². The smallest absolute Gasteiger partial charge is 0.223 e. The molecule has 1 fully saturated rings. The molecular weight excluding hydrogens is 374 g/mol. The first-order valence-electron chi connectivity index (χ1n) is 9.61. The van der Waals surface area contributed by atoms with Crippen LogP contribution in [-0.4, -0.2) is 44.7 Å². The normalized spacial score (nSPS) is 16.9. The number of carbonyl (C=O) groups excluding carboxylic acids is 1. The molecule has 3 rings (SSSR count). The number of rotatable bonds is 7. The molecule has 1 unspecified atom stereocenters. The van der Waals surface area contributed by atoms with Gasteiger partial charge in [-0.3, -0.25) is 4.79 Å². The second kappa shape index (κ2) is 8.78. The molecule has 1 amide bonds. The molecule has 1 aliphatic heterocycles. The summed E-state index contributed by atoms with van der Waals surface area (Å²) in [5.74, 6) is 0.565. The molecule has 0 radical (unpaired) electrons. The standard InChI is InChI=1S/C22H27NO4S/c1-17-8-10-21(11-9-17)28(25,26)14-12-22(24)23-13-4-6-19(23)15-18-5-3-7-20(16-18)27-2/h3,5,7-11,16,19H,4,6,12-15H2,1-2H3. The lowest BCUT2D eigenvalue weighted by Gasteiger charge is -2.25. The fourth-order valence-electron chi connectivity index (χ4n) is 3.68. The van der Waals surface area contributed by atoms with Crippen molar-refractivity contribution < 1.29 is 17.9 Å². The lowest BCUT2D eigenvalue weighted by molar-refractivity contribution is -0.131. The minimum absolute atomic E-state index is 0.0187. The van der Waals surface area contributed by atoms with E-state index in [1.807, 2.05) is 36.1 Å². The van der Waals surface area contributed by atoms with E-state index in [0.29, 0.717) is 6.54 Å². The summed E-state index contributed by atoms with van der Waals surface area (Å²) < 4.78 is 30.3. The van der Waals surface area contributed by atoms with Gasteiger partial charge >= 0.3 is 0 Å². The van der Waals surface area contributed by atoms with Gasteiger partial charge < -0.3 is 9.64 Å². The second-order valence-corrected chi connectivity index (χ2v) is 9.43. The van der Waals surface area contributed by atoms with Gasteiger partial charge in [-0.1, -0.05) is 29.8 Å². The van der Waals surface area contributed by atoms with Crippen LogP contribution in [0.15, 0.2) is 53.4 Å². The summed E-state index contributed by atoms with van der Waals surface area (Å²) in [5, 5.41) is 0. The van der Waals surface area contributed by atoms with Crippen LogP contribution in [0.5, 0.6) is 5.75 Å². The summed E-state index contributed by atoms with van der Waals surface area (Å²) in [5.41, 5.74) is 2.13.